The van der Waals surface area contributed by atoms with E-state index in [0.717, 1.165) is 5.56 Å². The van der Waals surface area contributed by atoms with Crippen LogP contribution in [0.3, 0.4) is 0 Å². The monoisotopic (exact) mass is 207 g/mol. The van der Waals surface area contributed by atoms with Crippen molar-refractivity contribution in [3.8, 4) is 0 Å². The summed E-state index contributed by atoms with van der Waals surface area (Å²) in [5, 5.41) is 0. The van der Waals surface area contributed by atoms with Crippen molar-refractivity contribution in [2.45, 2.75) is 26.2 Å². The molecule has 1 aromatic rings. The number of hydrogen-bond acceptors (Lipinski definition) is 3. The van der Waals surface area contributed by atoms with Gasteiger partial charge in [-0.2, -0.15) is 0 Å². The van der Waals surface area contributed by atoms with E-state index in [1.807, 2.05) is 0 Å². The first kappa shape index (κ1) is 11.6. The lowest BCUT2D eigenvalue weighted by atomic mass is 9.89. The Hall–Kier alpha value is -1.45. The second-order valence-corrected chi connectivity index (χ2v) is 4.74. The van der Waals surface area contributed by atoms with Crippen LogP contribution in [0.5, 0.6) is 0 Å². The molecule has 0 aliphatic carbocycles. The smallest absolute Gasteiger partial charge is 0.291 e. The van der Waals surface area contributed by atoms with E-state index in [4.69, 9.17) is 0 Å². The Morgan fingerprint density at radius 1 is 1.20 bits per heavy atom. The summed E-state index contributed by atoms with van der Waals surface area (Å²) in [5.41, 5.74) is 1.04. The van der Waals surface area contributed by atoms with Gasteiger partial charge in [0.15, 0.2) is 0 Å². The van der Waals surface area contributed by atoms with Crippen LogP contribution in [0.25, 0.3) is 0 Å². The van der Waals surface area contributed by atoms with Gasteiger partial charge >= 0.3 is 0 Å². The number of rotatable bonds is 1. The molecule has 15 heavy (non-hydrogen) atoms. The van der Waals surface area contributed by atoms with E-state index in [1.54, 1.807) is 26.5 Å². The Morgan fingerprint density at radius 2 is 1.67 bits per heavy atom. The van der Waals surface area contributed by atoms with Gasteiger partial charge in [-0.1, -0.05) is 20.8 Å². The Balaban J connectivity index is 2.96. The van der Waals surface area contributed by atoms with E-state index in [-0.39, 0.29) is 17.1 Å². The molecule has 4 nitrogen and oxygen atoms in total. The maximum absolute atomic E-state index is 11.5. The molecule has 1 rings (SSSR count). The molecule has 0 N–H and O–H groups in total. The van der Waals surface area contributed by atoms with Crippen LogP contribution in [0.2, 0.25) is 0 Å². The van der Waals surface area contributed by atoms with Gasteiger partial charge in [0.05, 0.1) is 0 Å². The molecular formula is C11H17N3O. The summed E-state index contributed by atoms with van der Waals surface area (Å²) in [4.78, 5) is 21.1. The predicted molar refractivity (Wildman–Crippen MR) is 58.7 cm³/mol. The molecule has 0 fully saturated rings. The minimum atomic E-state index is -0.171. The highest BCUT2D eigenvalue weighted by Gasteiger charge is 2.16. The number of carbonyl (C=O) groups excluding carboxylic acids is 1. The largest absolute Gasteiger partial charge is 0.342 e. The molecule has 0 saturated heterocycles. The molecule has 0 aliphatic heterocycles. The van der Waals surface area contributed by atoms with Crippen LogP contribution >= 0.6 is 0 Å². The van der Waals surface area contributed by atoms with Gasteiger partial charge in [-0.05, 0) is 11.0 Å². The quantitative estimate of drug-likeness (QED) is 0.700. The SMILES string of the molecule is CN(C)C(=O)c1ncc(C(C)(C)C)cn1. The third kappa shape index (κ3) is 2.75. The van der Waals surface area contributed by atoms with Crippen LogP contribution in [0, 0.1) is 0 Å². The van der Waals surface area contributed by atoms with Crippen molar-refractivity contribution in [2.24, 2.45) is 0 Å². The minimum Gasteiger partial charge on any atom is -0.342 e. The van der Waals surface area contributed by atoms with E-state index in [9.17, 15) is 4.79 Å². The lowest BCUT2D eigenvalue weighted by Gasteiger charge is -2.18. The second-order valence-electron chi connectivity index (χ2n) is 4.74. The van der Waals surface area contributed by atoms with Crippen molar-refractivity contribution < 1.29 is 4.79 Å². The van der Waals surface area contributed by atoms with Crippen molar-refractivity contribution in [1.82, 2.24) is 14.9 Å². The van der Waals surface area contributed by atoms with Crippen LogP contribution in [0.1, 0.15) is 37.0 Å². The third-order valence-electron chi connectivity index (χ3n) is 2.12. The number of hydrogen-bond donors (Lipinski definition) is 0. The van der Waals surface area contributed by atoms with E-state index < -0.39 is 0 Å². The van der Waals surface area contributed by atoms with E-state index in [2.05, 4.69) is 30.7 Å². The molecule has 0 saturated carbocycles. The molecule has 1 heterocycles. The normalized spacial score (nSPS) is 11.3. The maximum atomic E-state index is 11.5. The summed E-state index contributed by atoms with van der Waals surface area (Å²) >= 11 is 0. The molecule has 82 valence electrons. The number of nitrogens with zero attached hydrogens (tertiary/aromatic N) is 3. The first-order valence-corrected chi connectivity index (χ1v) is 4.86. The van der Waals surface area contributed by atoms with Crippen LogP contribution < -0.4 is 0 Å². The molecule has 1 amide bonds. The minimum absolute atomic E-state index is 0.0136. The van der Waals surface area contributed by atoms with E-state index in [0.29, 0.717) is 0 Å². The zero-order valence-corrected chi connectivity index (χ0v) is 9.90. The third-order valence-corrected chi connectivity index (χ3v) is 2.12. The summed E-state index contributed by atoms with van der Waals surface area (Å²) in [7, 11) is 3.37. The fraction of sp³-hybridized carbons (Fsp3) is 0.545. The van der Waals surface area contributed by atoms with Gasteiger partial charge in [0.1, 0.15) is 0 Å². The highest BCUT2D eigenvalue weighted by molar-refractivity contribution is 5.89. The lowest BCUT2D eigenvalue weighted by molar-refractivity contribution is 0.0815. The van der Waals surface area contributed by atoms with Gasteiger partial charge < -0.3 is 4.90 Å². The summed E-state index contributed by atoms with van der Waals surface area (Å²) in [6.45, 7) is 6.25. The molecule has 0 aromatic carbocycles. The molecule has 0 aliphatic rings. The fourth-order valence-electron chi connectivity index (χ4n) is 1.03. The highest BCUT2D eigenvalue weighted by atomic mass is 16.2. The summed E-state index contributed by atoms with van der Waals surface area (Å²) in [5.74, 6) is 0.0726. The zero-order valence-electron chi connectivity index (χ0n) is 9.90. The van der Waals surface area contributed by atoms with Crippen molar-refractivity contribution in [3.05, 3.63) is 23.8 Å². The Kier molecular flexibility index (Phi) is 3.07. The standard InChI is InChI=1S/C11H17N3O/c1-11(2,3)8-6-12-9(13-7-8)10(15)14(4)5/h6-7H,1-5H3. The van der Waals surface area contributed by atoms with E-state index in [1.165, 1.54) is 4.90 Å². The first-order valence-electron chi connectivity index (χ1n) is 4.86. The van der Waals surface area contributed by atoms with Crippen LogP contribution in [0.4, 0.5) is 0 Å². The topological polar surface area (TPSA) is 46.1 Å². The fourth-order valence-corrected chi connectivity index (χ4v) is 1.03. The maximum Gasteiger partial charge on any atom is 0.291 e. The first-order chi connectivity index (χ1) is 6.82. The van der Waals surface area contributed by atoms with Gasteiger partial charge in [0.25, 0.3) is 5.91 Å². The zero-order chi connectivity index (χ0) is 11.6. The van der Waals surface area contributed by atoms with Crippen molar-refractivity contribution >= 4 is 5.91 Å². The van der Waals surface area contributed by atoms with Gasteiger partial charge in [0, 0.05) is 26.5 Å². The lowest BCUT2D eigenvalue weighted by Crippen LogP contribution is -2.24. The molecule has 0 unspecified atom stereocenters. The molecule has 1 aromatic heterocycles. The van der Waals surface area contributed by atoms with Gasteiger partial charge in [-0.3, -0.25) is 4.79 Å². The van der Waals surface area contributed by atoms with Crippen molar-refractivity contribution in [2.75, 3.05) is 14.1 Å². The second kappa shape index (κ2) is 3.96. The molecule has 0 radical (unpaired) electrons. The van der Waals surface area contributed by atoms with Crippen molar-refractivity contribution in [3.63, 3.8) is 0 Å². The predicted octanol–water partition coefficient (Wildman–Crippen LogP) is 1.48. The van der Waals surface area contributed by atoms with Crippen LogP contribution in [-0.4, -0.2) is 34.9 Å². The number of carbonyl (C=O) groups is 1. The Labute approximate surface area is 90.3 Å². The van der Waals surface area contributed by atoms with Crippen LogP contribution in [-0.2, 0) is 5.41 Å². The van der Waals surface area contributed by atoms with Crippen LogP contribution in [0.15, 0.2) is 12.4 Å². The Bertz CT molecular complexity index is 349. The summed E-state index contributed by atoms with van der Waals surface area (Å²) in [6, 6.07) is 0. The van der Waals surface area contributed by atoms with Crippen molar-refractivity contribution in [1.29, 1.82) is 0 Å². The van der Waals surface area contributed by atoms with Gasteiger partial charge in [0.2, 0.25) is 5.82 Å². The molecule has 0 atom stereocenters. The van der Waals surface area contributed by atoms with Gasteiger partial charge in [-0.15, -0.1) is 0 Å². The highest BCUT2D eigenvalue weighted by Crippen LogP contribution is 2.19. The number of aromatic nitrogens is 2. The van der Waals surface area contributed by atoms with E-state index >= 15 is 0 Å². The van der Waals surface area contributed by atoms with Gasteiger partial charge in [-0.25, -0.2) is 9.97 Å². The Morgan fingerprint density at radius 3 is 2.00 bits per heavy atom. The number of amides is 1. The molecular weight excluding hydrogens is 190 g/mol. The molecule has 0 bridgehead atoms. The molecule has 4 heteroatoms. The summed E-state index contributed by atoms with van der Waals surface area (Å²) in [6.07, 6.45) is 3.42. The summed E-state index contributed by atoms with van der Waals surface area (Å²) < 4.78 is 0. The molecule has 0 spiro atoms. The average molecular weight is 207 g/mol. The average Bonchev–Trinajstić information content (AvgIpc) is 2.15.